The van der Waals surface area contributed by atoms with Gasteiger partial charge in [0.2, 0.25) is 0 Å². The van der Waals surface area contributed by atoms with Gasteiger partial charge in [-0.25, -0.2) is 0 Å². The van der Waals surface area contributed by atoms with Crippen molar-refractivity contribution < 1.29 is 5.11 Å². The van der Waals surface area contributed by atoms with E-state index in [0.717, 1.165) is 6.54 Å². The summed E-state index contributed by atoms with van der Waals surface area (Å²) in [5.41, 5.74) is 1.17. The topological polar surface area (TPSA) is 32.3 Å². The third-order valence-corrected chi connectivity index (χ3v) is 2.81. The summed E-state index contributed by atoms with van der Waals surface area (Å²) >= 11 is 0. The molecule has 0 aliphatic heterocycles. The minimum atomic E-state index is 0.0860. The van der Waals surface area contributed by atoms with Gasteiger partial charge in [-0.2, -0.15) is 0 Å². The third-order valence-electron chi connectivity index (χ3n) is 2.81. The molecule has 1 aromatic rings. The van der Waals surface area contributed by atoms with Crippen LogP contribution in [-0.4, -0.2) is 18.3 Å². The Morgan fingerprint density at radius 1 is 1.12 bits per heavy atom. The molecule has 0 aliphatic rings. The minimum absolute atomic E-state index is 0.0860. The summed E-state index contributed by atoms with van der Waals surface area (Å²) in [4.78, 5) is 0. The van der Waals surface area contributed by atoms with Crippen molar-refractivity contribution in [2.45, 2.75) is 38.6 Å². The minimum Gasteiger partial charge on any atom is -0.394 e. The van der Waals surface area contributed by atoms with Crippen LogP contribution in [0.2, 0.25) is 0 Å². The smallest absolute Gasteiger partial charge is 0.0626 e. The highest BCUT2D eigenvalue weighted by molar-refractivity contribution is 5.18. The van der Waals surface area contributed by atoms with Gasteiger partial charge >= 0.3 is 0 Å². The van der Waals surface area contributed by atoms with Crippen LogP contribution in [0, 0.1) is 0 Å². The second-order valence-electron chi connectivity index (χ2n) is 4.16. The van der Waals surface area contributed by atoms with Gasteiger partial charge in [0.15, 0.2) is 0 Å². The highest BCUT2D eigenvalue weighted by atomic mass is 16.3. The lowest BCUT2D eigenvalue weighted by atomic mass is 10.1. The van der Waals surface area contributed by atoms with Crippen LogP contribution < -0.4 is 5.32 Å². The zero-order valence-corrected chi connectivity index (χ0v) is 10.2. The molecule has 0 spiro atoms. The summed E-state index contributed by atoms with van der Waals surface area (Å²) < 4.78 is 0. The van der Waals surface area contributed by atoms with Crippen LogP contribution in [0.5, 0.6) is 0 Å². The molecule has 16 heavy (non-hydrogen) atoms. The monoisotopic (exact) mass is 221 g/mol. The third kappa shape index (κ3) is 4.77. The molecule has 90 valence electrons. The van der Waals surface area contributed by atoms with Gasteiger partial charge in [-0.1, -0.05) is 56.5 Å². The lowest BCUT2D eigenvalue weighted by Crippen LogP contribution is -2.25. The molecule has 0 fully saturated rings. The first-order chi connectivity index (χ1) is 7.88. The van der Waals surface area contributed by atoms with Gasteiger partial charge in [-0.05, 0) is 18.5 Å². The first-order valence-corrected chi connectivity index (χ1v) is 6.27. The molecule has 1 aromatic carbocycles. The van der Waals surface area contributed by atoms with Crippen molar-refractivity contribution in [3.63, 3.8) is 0 Å². The van der Waals surface area contributed by atoms with Gasteiger partial charge in [0, 0.05) is 0 Å². The van der Waals surface area contributed by atoms with Gasteiger partial charge in [0.1, 0.15) is 0 Å². The first kappa shape index (κ1) is 13.2. The van der Waals surface area contributed by atoms with Crippen LogP contribution in [-0.2, 0) is 0 Å². The van der Waals surface area contributed by atoms with Crippen molar-refractivity contribution in [2.24, 2.45) is 0 Å². The van der Waals surface area contributed by atoms with Crippen molar-refractivity contribution >= 4 is 0 Å². The molecule has 0 heterocycles. The van der Waals surface area contributed by atoms with E-state index < -0.39 is 0 Å². The van der Waals surface area contributed by atoms with Crippen LogP contribution in [0.15, 0.2) is 30.3 Å². The lowest BCUT2D eigenvalue weighted by Gasteiger charge is -2.16. The largest absolute Gasteiger partial charge is 0.394 e. The van der Waals surface area contributed by atoms with Crippen LogP contribution >= 0.6 is 0 Å². The highest BCUT2D eigenvalue weighted by Crippen LogP contribution is 2.11. The Balaban J connectivity index is 2.27. The molecule has 0 saturated heterocycles. The number of aliphatic hydroxyl groups excluding tert-OH is 1. The molecule has 2 N–H and O–H groups in total. The SMILES string of the molecule is CCCCCCN[C@@H](CO)c1ccccc1. The molecule has 2 heteroatoms. The fourth-order valence-electron chi connectivity index (χ4n) is 1.80. The molecule has 0 saturated carbocycles. The van der Waals surface area contributed by atoms with Crippen molar-refractivity contribution in [1.29, 1.82) is 0 Å². The fraction of sp³-hybridized carbons (Fsp3) is 0.571. The number of aliphatic hydroxyl groups is 1. The van der Waals surface area contributed by atoms with Crippen LogP contribution in [0.1, 0.15) is 44.2 Å². The number of unbranched alkanes of at least 4 members (excludes halogenated alkanes) is 3. The number of nitrogens with one attached hydrogen (secondary N) is 1. The second kappa shape index (κ2) is 8.31. The van der Waals surface area contributed by atoms with E-state index in [4.69, 9.17) is 0 Å². The Morgan fingerprint density at radius 2 is 1.88 bits per heavy atom. The van der Waals surface area contributed by atoms with Crippen molar-refractivity contribution in [3.05, 3.63) is 35.9 Å². The summed E-state index contributed by atoms with van der Waals surface area (Å²) in [7, 11) is 0. The Hall–Kier alpha value is -0.860. The van der Waals surface area contributed by atoms with E-state index >= 15 is 0 Å². The number of rotatable bonds is 8. The molecule has 2 nitrogen and oxygen atoms in total. The summed E-state index contributed by atoms with van der Waals surface area (Å²) in [5, 5.41) is 12.7. The highest BCUT2D eigenvalue weighted by Gasteiger charge is 2.07. The van der Waals surface area contributed by atoms with Gasteiger partial charge in [-0.3, -0.25) is 0 Å². The van der Waals surface area contributed by atoms with E-state index in [-0.39, 0.29) is 12.6 Å². The van der Waals surface area contributed by atoms with E-state index in [2.05, 4.69) is 24.4 Å². The van der Waals surface area contributed by atoms with Crippen molar-refractivity contribution in [1.82, 2.24) is 5.32 Å². The number of hydrogen-bond acceptors (Lipinski definition) is 2. The molecule has 1 atom stereocenters. The maximum atomic E-state index is 9.32. The van der Waals surface area contributed by atoms with Crippen molar-refractivity contribution in [2.75, 3.05) is 13.2 Å². The Morgan fingerprint density at radius 3 is 2.50 bits per heavy atom. The molecular weight excluding hydrogens is 198 g/mol. The molecule has 0 amide bonds. The van der Waals surface area contributed by atoms with E-state index in [9.17, 15) is 5.11 Å². The number of benzene rings is 1. The van der Waals surface area contributed by atoms with E-state index in [1.165, 1.54) is 31.2 Å². The molecule has 0 bridgehead atoms. The Kier molecular flexibility index (Phi) is 6.86. The van der Waals surface area contributed by atoms with E-state index in [0.29, 0.717) is 0 Å². The van der Waals surface area contributed by atoms with Gasteiger partial charge in [0.25, 0.3) is 0 Å². The van der Waals surface area contributed by atoms with Gasteiger partial charge in [0.05, 0.1) is 12.6 Å². The lowest BCUT2D eigenvalue weighted by molar-refractivity contribution is 0.244. The fourth-order valence-corrected chi connectivity index (χ4v) is 1.80. The quantitative estimate of drug-likeness (QED) is 0.662. The van der Waals surface area contributed by atoms with Crippen LogP contribution in [0.3, 0.4) is 0 Å². The van der Waals surface area contributed by atoms with Crippen molar-refractivity contribution in [3.8, 4) is 0 Å². The van der Waals surface area contributed by atoms with Crippen LogP contribution in [0.4, 0.5) is 0 Å². The first-order valence-electron chi connectivity index (χ1n) is 6.27. The summed E-state index contributed by atoms with van der Waals surface area (Å²) in [5.74, 6) is 0. The molecular formula is C14H23NO. The Labute approximate surface area is 98.7 Å². The van der Waals surface area contributed by atoms with Gasteiger partial charge < -0.3 is 10.4 Å². The maximum absolute atomic E-state index is 9.32. The number of hydrogen-bond donors (Lipinski definition) is 2. The Bertz CT molecular complexity index is 261. The average molecular weight is 221 g/mol. The molecule has 1 rings (SSSR count). The molecule has 0 unspecified atom stereocenters. The zero-order chi connectivity index (χ0) is 11.6. The standard InChI is InChI=1S/C14H23NO/c1-2-3-4-8-11-15-14(12-16)13-9-6-5-7-10-13/h5-7,9-10,14-16H,2-4,8,11-12H2,1H3/t14-/m0/s1. The summed E-state index contributed by atoms with van der Waals surface area (Å²) in [6.07, 6.45) is 5.03. The molecule has 0 aromatic heterocycles. The van der Waals surface area contributed by atoms with E-state index in [1.54, 1.807) is 0 Å². The van der Waals surface area contributed by atoms with Crippen LogP contribution in [0.25, 0.3) is 0 Å². The average Bonchev–Trinajstić information content (AvgIpc) is 2.35. The molecule has 0 aliphatic carbocycles. The second-order valence-corrected chi connectivity index (χ2v) is 4.16. The van der Waals surface area contributed by atoms with E-state index in [1.807, 2.05) is 18.2 Å². The summed E-state index contributed by atoms with van der Waals surface area (Å²) in [6.45, 7) is 3.37. The maximum Gasteiger partial charge on any atom is 0.0626 e. The summed E-state index contributed by atoms with van der Waals surface area (Å²) in [6, 6.07) is 10.2. The normalized spacial score (nSPS) is 12.6. The van der Waals surface area contributed by atoms with Gasteiger partial charge in [-0.15, -0.1) is 0 Å². The molecule has 0 radical (unpaired) electrons. The zero-order valence-electron chi connectivity index (χ0n) is 10.2. The predicted molar refractivity (Wildman–Crippen MR) is 68.4 cm³/mol. The predicted octanol–water partition coefficient (Wildman–Crippen LogP) is 2.89.